The van der Waals surface area contributed by atoms with Crippen LogP contribution in [0.3, 0.4) is 0 Å². The largest absolute Gasteiger partial charge is 0.464 e. The van der Waals surface area contributed by atoms with Crippen molar-refractivity contribution >= 4 is 11.7 Å². The number of anilines is 1. The third-order valence-corrected chi connectivity index (χ3v) is 2.25. The molecule has 0 spiro atoms. The Hall–Kier alpha value is -1.66. The fourth-order valence-corrected chi connectivity index (χ4v) is 1.42. The fraction of sp³-hybridized carbons (Fsp3) is 0.455. The lowest BCUT2D eigenvalue weighted by atomic mass is 10.1. The maximum atomic E-state index is 11.3. The number of carbonyl (C=O) groups is 1. The van der Waals surface area contributed by atoms with Crippen molar-refractivity contribution < 1.29 is 19.7 Å². The van der Waals surface area contributed by atoms with E-state index in [1.165, 1.54) is 6.20 Å². The first-order valence-electron chi connectivity index (χ1n) is 5.22. The number of nitrogen functional groups attached to an aromatic ring is 1. The van der Waals surface area contributed by atoms with Crippen molar-refractivity contribution in [3.05, 3.63) is 23.5 Å². The maximum absolute atomic E-state index is 11.3. The van der Waals surface area contributed by atoms with Crippen molar-refractivity contribution in [2.75, 3.05) is 12.3 Å². The lowest BCUT2D eigenvalue weighted by molar-refractivity contribution is -0.159. The molecule has 6 heteroatoms. The van der Waals surface area contributed by atoms with Gasteiger partial charge < -0.3 is 20.7 Å². The van der Waals surface area contributed by atoms with Crippen molar-refractivity contribution in [2.45, 2.75) is 26.1 Å². The number of ether oxygens (including phenoxy) is 1. The zero-order chi connectivity index (χ0) is 13.0. The van der Waals surface area contributed by atoms with Gasteiger partial charge >= 0.3 is 5.97 Å². The Balaban J connectivity index is 2.88. The van der Waals surface area contributed by atoms with E-state index in [-0.39, 0.29) is 12.3 Å². The van der Waals surface area contributed by atoms with E-state index in [0.29, 0.717) is 11.3 Å². The van der Waals surface area contributed by atoms with Crippen LogP contribution in [0.2, 0.25) is 0 Å². The predicted octanol–water partition coefficient (Wildman–Crippen LogP) is -0.0704. The van der Waals surface area contributed by atoms with Crippen LogP contribution >= 0.6 is 0 Å². The van der Waals surface area contributed by atoms with Crippen LogP contribution < -0.4 is 5.73 Å². The molecule has 2 unspecified atom stereocenters. The zero-order valence-corrected chi connectivity index (χ0v) is 9.75. The summed E-state index contributed by atoms with van der Waals surface area (Å²) in [6.07, 6.45) is -1.72. The van der Waals surface area contributed by atoms with Crippen molar-refractivity contribution in [3.8, 4) is 0 Å². The number of aryl methyl sites for hydroxylation is 1. The summed E-state index contributed by atoms with van der Waals surface area (Å²) in [5.41, 5.74) is 6.77. The van der Waals surface area contributed by atoms with Gasteiger partial charge in [0.1, 0.15) is 6.10 Å². The third kappa shape index (κ3) is 3.15. The first kappa shape index (κ1) is 13.4. The SMILES string of the molecule is CCOC(=O)C(O)C(O)c1ncc(N)cc1C. The van der Waals surface area contributed by atoms with Gasteiger partial charge in [-0.2, -0.15) is 0 Å². The van der Waals surface area contributed by atoms with E-state index in [1.807, 2.05) is 0 Å². The van der Waals surface area contributed by atoms with Crippen LogP contribution in [-0.4, -0.2) is 33.9 Å². The Bertz CT molecular complexity index is 408. The normalized spacial score (nSPS) is 14.1. The van der Waals surface area contributed by atoms with Crippen LogP contribution in [-0.2, 0) is 9.53 Å². The van der Waals surface area contributed by atoms with Crippen molar-refractivity contribution in [1.82, 2.24) is 4.98 Å². The highest BCUT2D eigenvalue weighted by molar-refractivity contribution is 5.75. The summed E-state index contributed by atoms with van der Waals surface area (Å²) >= 11 is 0. The highest BCUT2D eigenvalue weighted by atomic mass is 16.5. The number of pyridine rings is 1. The Kier molecular flexibility index (Phi) is 4.42. The number of nitrogens with zero attached hydrogens (tertiary/aromatic N) is 1. The molecular weight excluding hydrogens is 224 g/mol. The summed E-state index contributed by atoms with van der Waals surface area (Å²) in [5, 5.41) is 19.4. The second kappa shape index (κ2) is 5.60. The summed E-state index contributed by atoms with van der Waals surface area (Å²) in [7, 11) is 0. The molecule has 0 bridgehead atoms. The standard InChI is InChI=1S/C11H16N2O4/c1-3-17-11(16)10(15)9(14)8-6(2)4-7(12)5-13-8/h4-5,9-10,14-15H,3,12H2,1-2H3. The number of hydrogen-bond acceptors (Lipinski definition) is 6. The fourth-order valence-electron chi connectivity index (χ4n) is 1.42. The minimum absolute atomic E-state index is 0.136. The molecular formula is C11H16N2O4. The molecule has 0 radical (unpaired) electrons. The molecule has 94 valence electrons. The molecule has 0 saturated heterocycles. The number of rotatable bonds is 4. The number of aromatic nitrogens is 1. The van der Waals surface area contributed by atoms with Crippen molar-refractivity contribution in [3.63, 3.8) is 0 Å². The Morgan fingerprint density at radius 1 is 1.59 bits per heavy atom. The summed E-state index contributed by atoms with van der Waals surface area (Å²) in [6, 6.07) is 1.60. The molecule has 1 heterocycles. The van der Waals surface area contributed by atoms with Crippen molar-refractivity contribution in [2.24, 2.45) is 0 Å². The average molecular weight is 240 g/mol. The molecule has 0 fully saturated rings. The first-order valence-corrected chi connectivity index (χ1v) is 5.22. The number of nitrogens with two attached hydrogens (primary N) is 1. The number of aliphatic hydroxyl groups excluding tert-OH is 2. The van der Waals surface area contributed by atoms with E-state index < -0.39 is 18.2 Å². The lowest BCUT2D eigenvalue weighted by Crippen LogP contribution is -2.30. The molecule has 0 aromatic carbocycles. The topological polar surface area (TPSA) is 106 Å². The quantitative estimate of drug-likeness (QED) is 0.636. The second-order valence-electron chi connectivity index (χ2n) is 3.61. The Labute approximate surface area is 99.0 Å². The monoisotopic (exact) mass is 240 g/mol. The van der Waals surface area contributed by atoms with Gasteiger partial charge in [0.05, 0.1) is 24.2 Å². The smallest absolute Gasteiger partial charge is 0.338 e. The molecule has 4 N–H and O–H groups in total. The highest BCUT2D eigenvalue weighted by Gasteiger charge is 2.28. The summed E-state index contributed by atoms with van der Waals surface area (Å²) in [6.45, 7) is 3.43. The Morgan fingerprint density at radius 3 is 2.76 bits per heavy atom. The Morgan fingerprint density at radius 2 is 2.24 bits per heavy atom. The molecule has 0 aliphatic carbocycles. The molecule has 1 aromatic rings. The van der Waals surface area contributed by atoms with Gasteiger partial charge in [-0.15, -0.1) is 0 Å². The van der Waals surface area contributed by atoms with Gasteiger partial charge in [0.2, 0.25) is 0 Å². The van der Waals surface area contributed by atoms with Crippen LogP contribution in [0.25, 0.3) is 0 Å². The minimum Gasteiger partial charge on any atom is -0.464 e. The third-order valence-electron chi connectivity index (χ3n) is 2.25. The van der Waals surface area contributed by atoms with Crippen LogP contribution in [0.5, 0.6) is 0 Å². The average Bonchev–Trinajstić information content (AvgIpc) is 2.27. The molecule has 6 nitrogen and oxygen atoms in total. The number of aliphatic hydroxyl groups is 2. The minimum atomic E-state index is -1.65. The lowest BCUT2D eigenvalue weighted by Gasteiger charge is -2.17. The van der Waals surface area contributed by atoms with E-state index in [2.05, 4.69) is 9.72 Å². The van der Waals surface area contributed by atoms with Gasteiger partial charge in [-0.05, 0) is 25.5 Å². The predicted molar refractivity (Wildman–Crippen MR) is 61.0 cm³/mol. The molecule has 1 rings (SSSR count). The summed E-state index contributed by atoms with van der Waals surface area (Å²) < 4.78 is 4.61. The molecule has 0 aliphatic rings. The molecule has 2 atom stereocenters. The van der Waals surface area contributed by atoms with Gasteiger partial charge in [-0.3, -0.25) is 4.98 Å². The van der Waals surface area contributed by atoms with Crippen LogP contribution in [0.1, 0.15) is 24.3 Å². The van der Waals surface area contributed by atoms with Gasteiger partial charge in [0.15, 0.2) is 6.10 Å². The molecule has 0 amide bonds. The van der Waals surface area contributed by atoms with Crippen molar-refractivity contribution in [1.29, 1.82) is 0 Å². The van der Waals surface area contributed by atoms with E-state index in [0.717, 1.165) is 0 Å². The number of carbonyl (C=O) groups excluding carboxylic acids is 1. The van der Waals surface area contributed by atoms with E-state index in [4.69, 9.17) is 5.73 Å². The summed E-state index contributed by atoms with van der Waals surface area (Å²) in [4.78, 5) is 15.1. The van der Waals surface area contributed by atoms with E-state index in [1.54, 1.807) is 19.9 Å². The number of esters is 1. The number of hydrogen-bond donors (Lipinski definition) is 3. The van der Waals surface area contributed by atoms with Gasteiger partial charge in [-0.1, -0.05) is 0 Å². The first-order chi connectivity index (χ1) is 7.97. The van der Waals surface area contributed by atoms with Crippen LogP contribution in [0.15, 0.2) is 12.3 Å². The highest BCUT2D eigenvalue weighted by Crippen LogP contribution is 2.20. The van der Waals surface area contributed by atoms with Gasteiger partial charge in [0, 0.05) is 0 Å². The maximum Gasteiger partial charge on any atom is 0.338 e. The molecule has 1 aromatic heterocycles. The van der Waals surface area contributed by atoms with Crippen LogP contribution in [0, 0.1) is 6.92 Å². The second-order valence-corrected chi connectivity index (χ2v) is 3.61. The molecule has 17 heavy (non-hydrogen) atoms. The molecule has 0 aliphatic heterocycles. The van der Waals surface area contributed by atoms with Crippen LogP contribution in [0.4, 0.5) is 5.69 Å². The zero-order valence-electron chi connectivity index (χ0n) is 9.75. The van der Waals surface area contributed by atoms with Gasteiger partial charge in [0.25, 0.3) is 0 Å². The molecule has 0 saturated carbocycles. The summed E-state index contributed by atoms with van der Waals surface area (Å²) in [5.74, 6) is -0.877. The van der Waals surface area contributed by atoms with E-state index >= 15 is 0 Å². The van der Waals surface area contributed by atoms with Gasteiger partial charge in [-0.25, -0.2) is 4.79 Å². The van der Waals surface area contributed by atoms with E-state index in [9.17, 15) is 15.0 Å².